The van der Waals surface area contributed by atoms with Crippen molar-refractivity contribution in [1.29, 1.82) is 5.53 Å². The molecule has 2 aromatic heterocycles. The zero-order valence-electron chi connectivity index (χ0n) is 38.7. The summed E-state index contributed by atoms with van der Waals surface area (Å²) in [5.41, 5.74) is 13.9. The average Bonchev–Trinajstić information content (AvgIpc) is 4.25. The number of carbonyl (C=O) groups excluding carboxylic acids is 2. The van der Waals surface area contributed by atoms with Gasteiger partial charge in [0.15, 0.2) is 16.1 Å². The molecule has 2 amide bonds. The predicted octanol–water partition coefficient (Wildman–Crippen LogP) is 9.74. The highest BCUT2D eigenvalue weighted by molar-refractivity contribution is 7.14. The Morgan fingerprint density at radius 2 is 1.37 bits per heavy atom. The molecular formula is C49H51ClN10O9S2. The van der Waals surface area contributed by atoms with Crippen LogP contribution in [0.2, 0.25) is 0 Å². The van der Waals surface area contributed by atoms with E-state index in [0.717, 1.165) is 52.6 Å². The van der Waals surface area contributed by atoms with Crippen LogP contribution in [0.5, 0.6) is 11.5 Å². The van der Waals surface area contributed by atoms with Crippen LogP contribution >= 0.6 is 34.5 Å². The number of benzene rings is 4. The number of hydrogen-bond donors (Lipinski definition) is 5. The van der Waals surface area contributed by atoms with Crippen molar-refractivity contribution in [2.24, 2.45) is 25.1 Å². The van der Waals surface area contributed by atoms with Gasteiger partial charge in [0.25, 0.3) is 11.8 Å². The number of nitrogens with one attached hydrogen (secondary N) is 3. The minimum absolute atomic E-state index is 0.00767. The Morgan fingerprint density at radius 3 is 1.79 bits per heavy atom. The molecule has 4 aromatic carbocycles. The second kappa shape index (κ2) is 26.0. The van der Waals surface area contributed by atoms with Gasteiger partial charge < -0.3 is 33.9 Å². The van der Waals surface area contributed by atoms with Crippen LogP contribution in [-0.4, -0.2) is 101 Å². The van der Waals surface area contributed by atoms with Crippen molar-refractivity contribution in [3.05, 3.63) is 141 Å². The number of aliphatic hydroxyl groups is 2. The predicted molar refractivity (Wildman–Crippen MR) is 271 cm³/mol. The molecule has 22 heteroatoms. The van der Waals surface area contributed by atoms with E-state index in [0.29, 0.717) is 64.6 Å². The molecule has 10 rings (SSSR count). The van der Waals surface area contributed by atoms with Gasteiger partial charge in [-0.2, -0.15) is 5.53 Å². The molecule has 0 bridgehead atoms. The number of thiazole rings is 2. The number of nitrogens with zero attached hydrogens (tertiary/aromatic N) is 7. The highest BCUT2D eigenvalue weighted by Gasteiger charge is 2.33. The molecule has 4 aliphatic heterocycles. The van der Waals surface area contributed by atoms with Crippen LogP contribution in [0.4, 0.5) is 21.6 Å². The van der Waals surface area contributed by atoms with Gasteiger partial charge >= 0.3 is 0 Å². The summed E-state index contributed by atoms with van der Waals surface area (Å²) >= 11 is 7.29. The normalized spacial score (nSPS) is 16.3. The molecule has 5 N–H and O–H groups in total. The van der Waals surface area contributed by atoms with Gasteiger partial charge in [-0.25, -0.2) is 9.97 Å². The zero-order valence-corrected chi connectivity index (χ0v) is 41.1. The van der Waals surface area contributed by atoms with Crippen molar-refractivity contribution < 1.29 is 43.5 Å². The van der Waals surface area contributed by atoms with E-state index in [1.165, 1.54) is 35.5 Å². The van der Waals surface area contributed by atoms with Crippen molar-refractivity contribution in [3.63, 3.8) is 0 Å². The number of aliphatic imine (C=N–C) groups is 2. The fraction of sp³-hybridized carbons (Fsp3) is 0.306. The second-order valence-electron chi connectivity index (χ2n) is 16.2. The van der Waals surface area contributed by atoms with Gasteiger partial charge in [-0.15, -0.1) is 22.7 Å². The van der Waals surface area contributed by atoms with Gasteiger partial charge in [0.05, 0.1) is 58.9 Å². The first-order chi connectivity index (χ1) is 34.5. The van der Waals surface area contributed by atoms with Crippen LogP contribution in [0.1, 0.15) is 69.7 Å². The van der Waals surface area contributed by atoms with E-state index < -0.39 is 11.9 Å². The average molecular weight is 1020 g/mol. The Hall–Kier alpha value is -6.69. The van der Waals surface area contributed by atoms with Gasteiger partial charge in [-0.05, 0) is 95.8 Å². The largest absolute Gasteiger partial charge is 0.491 e. The molecule has 2 fully saturated rings. The molecule has 0 spiro atoms. The molecular weight excluding hydrogens is 972 g/mol. The Kier molecular flexibility index (Phi) is 19.1. The molecule has 4 aliphatic rings. The summed E-state index contributed by atoms with van der Waals surface area (Å²) in [7, 11) is 0. The van der Waals surface area contributed by atoms with Crippen LogP contribution in [0, 0.1) is 5.53 Å². The van der Waals surface area contributed by atoms with Crippen LogP contribution in [-0.2, 0) is 27.1 Å². The van der Waals surface area contributed by atoms with E-state index >= 15 is 0 Å². The number of carbonyl (C=O) groups is 2. The van der Waals surface area contributed by atoms with Crippen molar-refractivity contribution in [2.45, 2.75) is 57.5 Å². The van der Waals surface area contributed by atoms with Crippen LogP contribution < -0.4 is 20.1 Å². The quantitative estimate of drug-likeness (QED) is 0.0507. The third-order valence-electron chi connectivity index (χ3n) is 10.6. The molecule has 2 atom stereocenters. The number of amides is 2. The molecule has 0 saturated carbocycles. The Bertz CT molecular complexity index is 2820. The zero-order chi connectivity index (χ0) is 50.0. The summed E-state index contributed by atoms with van der Waals surface area (Å²) in [6.07, 6.45) is 6.10. The van der Waals surface area contributed by atoms with Crippen molar-refractivity contribution >= 4 is 79.3 Å². The minimum Gasteiger partial charge on any atom is -0.491 e. The summed E-state index contributed by atoms with van der Waals surface area (Å²) in [5, 5.41) is 33.8. The number of aliphatic hydroxyl groups excluding tert-OH is 2. The lowest BCUT2D eigenvalue weighted by Gasteiger charge is -2.17. The number of fused-ring (bicyclic) bond motifs is 2. The van der Waals surface area contributed by atoms with Crippen LogP contribution in [0.25, 0.3) is 0 Å². The maximum absolute atomic E-state index is 12.8. The fourth-order valence-corrected chi connectivity index (χ4v) is 8.46. The lowest BCUT2D eigenvalue weighted by atomic mass is 10.0. The molecule has 71 heavy (non-hydrogen) atoms. The fourth-order valence-electron chi connectivity index (χ4n) is 7.38. The Morgan fingerprint density at radius 1 is 0.831 bits per heavy atom. The van der Waals surface area contributed by atoms with Crippen molar-refractivity contribution in [3.8, 4) is 11.5 Å². The number of para-hydroxylation sites is 2. The van der Waals surface area contributed by atoms with Crippen LogP contribution in [0.3, 0.4) is 0 Å². The number of halogens is 1. The molecule has 6 heterocycles. The molecule has 2 unspecified atom stereocenters. The highest BCUT2D eigenvalue weighted by atomic mass is 35.5. The molecule has 0 aliphatic carbocycles. The first-order valence-corrected chi connectivity index (χ1v) is 24.5. The van der Waals surface area contributed by atoms with E-state index in [4.69, 9.17) is 44.3 Å². The highest BCUT2D eigenvalue weighted by Crippen LogP contribution is 2.35. The molecule has 6 aromatic rings. The van der Waals surface area contributed by atoms with E-state index in [9.17, 15) is 14.7 Å². The lowest BCUT2D eigenvalue weighted by molar-refractivity contribution is -0.141. The molecule has 19 nitrogen and oxygen atoms in total. The Labute approximate surface area is 422 Å². The SMILES string of the molecule is C1CCOC1.CC1(C)OCC(COc2cccc(C3=Nc4c(cccc4C(=O)Nc4nccs4)C3)c2)O1.N=NN=NCl.O=C(Nc1nccs1)c1cccc2c1N=C(c1cccc(OCC(O)CO)c1)C2. The summed E-state index contributed by atoms with van der Waals surface area (Å²) in [6.45, 7) is 6.38. The number of ether oxygens (including phenoxy) is 5. The van der Waals surface area contributed by atoms with Gasteiger partial charge in [0, 0.05) is 49.2 Å². The molecule has 370 valence electrons. The summed E-state index contributed by atoms with van der Waals surface area (Å²) in [5.74, 6) is 0.313. The van der Waals surface area contributed by atoms with E-state index in [-0.39, 0.29) is 31.1 Å². The summed E-state index contributed by atoms with van der Waals surface area (Å²) in [4.78, 5) is 43.2. The molecule has 2 saturated heterocycles. The maximum Gasteiger partial charge on any atom is 0.259 e. The topological polar surface area (TPSA) is 256 Å². The lowest BCUT2D eigenvalue weighted by Crippen LogP contribution is -2.25. The Balaban J connectivity index is 0.000000175. The maximum atomic E-state index is 12.8. The van der Waals surface area contributed by atoms with Crippen molar-refractivity contribution in [1.82, 2.24) is 9.97 Å². The third kappa shape index (κ3) is 15.2. The van der Waals surface area contributed by atoms with Gasteiger partial charge in [-0.1, -0.05) is 53.2 Å². The van der Waals surface area contributed by atoms with E-state index in [1.807, 2.05) is 86.0 Å². The second-order valence-corrected chi connectivity index (χ2v) is 18.2. The van der Waals surface area contributed by atoms with E-state index in [1.54, 1.807) is 36.0 Å². The smallest absolute Gasteiger partial charge is 0.259 e. The summed E-state index contributed by atoms with van der Waals surface area (Å²) < 4.78 is 30.4. The number of anilines is 2. The third-order valence-corrected chi connectivity index (χ3v) is 12.1. The summed E-state index contributed by atoms with van der Waals surface area (Å²) in [6, 6.07) is 26.5. The first-order valence-electron chi connectivity index (χ1n) is 22.4. The monoisotopic (exact) mass is 1020 g/mol. The number of rotatable bonds is 14. The number of hydrogen-bond acceptors (Lipinski definition) is 17. The van der Waals surface area contributed by atoms with Gasteiger partial charge in [-0.3, -0.25) is 30.2 Å². The standard InChI is InChI=1S/C24H23N3O4S.C21H19N3O4S.C4H8O.ClHN4/c1-24(2)30-14-18(31-24)13-29-17-7-3-5-15(11-17)20-12-16-6-4-8-19(21(16)26-20)22(28)27-23-25-9-10-32-23;25-11-15(26)12-28-16-5-1-3-13(9-16)18-10-14-4-2-6-17(19(14)23-18)20(27)24-21-22-7-8-29-21;1-2-4-5-3-1;1-3-5-4-2/h3-11,18H,12-14H2,1-2H3,(H,25,27,28);1-9,15,25-26H,10-12H2,(H,22,24,27);1-4H2;2H. The number of aromatic nitrogens is 2. The van der Waals surface area contributed by atoms with Crippen LogP contribution in [0.15, 0.2) is 133 Å². The van der Waals surface area contributed by atoms with Gasteiger partial charge in [0.2, 0.25) is 0 Å². The van der Waals surface area contributed by atoms with Crippen molar-refractivity contribution in [2.75, 3.05) is 50.3 Å². The minimum atomic E-state index is -0.925. The van der Waals surface area contributed by atoms with Gasteiger partial charge in [0.1, 0.15) is 36.9 Å². The first kappa shape index (κ1) is 52.1. The molecule has 0 radical (unpaired) electrons. The van der Waals surface area contributed by atoms with E-state index in [2.05, 4.69) is 47.5 Å².